The molecule has 3 N–H and O–H groups in total. The Labute approximate surface area is 122 Å². The Morgan fingerprint density at radius 1 is 1.40 bits per heavy atom. The van der Waals surface area contributed by atoms with Gasteiger partial charge in [0.15, 0.2) is 5.69 Å². The predicted molar refractivity (Wildman–Crippen MR) is 74.9 cm³/mol. The van der Waals surface area contributed by atoms with Crippen LogP contribution in [-0.4, -0.2) is 27.1 Å². The van der Waals surface area contributed by atoms with Gasteiger partial charge in [-0.3, -0.25) is 4.79 Å². The first-order valence-corrected chi connectivity index (χ1v) is 6.58. The van der Waals surface area contributed by atoms with Crippen LogP contribution in [0.2, 0.25) is 5.02 Å². The van der Waals surface area contributed by atoms with Gasteiger partial charge in [-0.2, -0.15) is 0 Å². The maximum atomic E-state index is 12.0. The third kappa shape index (κ3) is 2.89. The van der Waals surface area contributed by atoms with Crippen molar-refractivity contribution in [1.82, 2.24) is 4.98 Å². The Kier molecular flexibility index (Phi) is 3.91. The van der Waals surface area contributed by atoms with Crippen molar-refractivity contribution in [3.05, 3.63) is 39.5 Å². The normalized spacial score (nSPS) is 10.3. The average molecular weight is 313 g/mol. The molecule has 0 atom stereocenters. The van der Waals surface area contributed by atoms with Gasteiger partial charge in [0.25, 0.3) is 5.91 Å². The number of aromatic hydroxyl groups is 1. The molecule has 0 radical (unpaired) electrons. The van der Waals surface area contributed by atoms with Gasteiger partial charge in [-0.05, 0) is 25.1 Å². The molecule has 0 aliphatic heterocycles. The number of aromatic carboxylic acids is 1. The monoisotopic (exact) mass is 312 g/mol. The number of halogens is 1. The molecule has 0 aliphatic rings. The number of thiazole rings is 1. The molecule has 0 unspecified atom stereocenters. The van der Waals surface area contributed by atoms with E-state index in [1.807, 2.05) is 0 Å². The molecule has 0 saturated heterocycles. The molecule has 2 rings (SSSR count). The lowest BCUT2D eigenvalue weighted by Crippen LogP contribution is -2.13. The fourth-order valence-corrected chi connectivity index (χ4v) is 2.47. The second-order valence-corrected chi connectivity index (χ2v) is 5.45. The minimum absolute atomic E-state index is 0.0385. The fourth-order valence-electron chi connectivity index (χ4n) is 1.48. The molecule has 104 valence electrons. The van der Waals surface area contributed by atoms with Crippen molar-refractivity contribution in [2.45, 2.75) is 6.92 Å². The van der Waals surface area contributed by atoms with E-state index in [9.17, 15) is 14.7 Å². The minimum atomic E-state index is -1.21. The van der Waals surface area contributed by atoms with Crippen LogP contribution >= 0.6 is 22.9 Å². The second kappa shape index (κ2) is 5.48. The third-order valence-electron chi connectivity index (χ3n) is 2.37. The maximum Gasteiger partial charge on any atom is 0.357 e. The molecule has 1 aromatic heterocycles. The molecule has 8 heteroatoms. The summed E-state index contributed by atoms with van der Waals surface area (Å²) >= 11 is 6.78. The van der Waals surface area contributed by atoms with E-state index in [-0.39, 0.29) is 27.0 Å². The summed E-state index contributed by atoms with van der Waals surface area (Å²) in [5, 5.41) is 21.5. The van der Waals surface area contributed by atoms with Crippen LogP contribution in [0.1, 0.15) is 25.9 Å². The van der Waals surface area contributed by atoms with Gasteiger partial charge in [-0.15, -0.1) is 11.3 Å². The van der Waals surface area contributed by atoms with Crippen LogP contribution in [-0.2, 0) is 0 Å². The van der Waals surface area contributed by atoms with E-state index in [0.717, 1.165) is 11.3 Å². The van der Waals surface area contributed by atoms with Crippen LogP contribution < -0.4 is 5.32 Å². The molecular formula is C12H9ClN2O4S. The summed E-state index contributed by atoms with van der Waals surface area (Å²) in [5.74, 6) is -1.88. The minimum Gasteiger partial charge on any atom is -0.506 e. The SMILES string of the molecule is Cc1nc(C(=O)O)c(NC(=O)c2ccc(O)c(Cl)c2)s1. The molecular weight excluding hydrogens is 304 g/mol. The smallest absolute Gasteiger partial charge is 0.357 e. The number of anilines is 1. The van der Waals surface area contributed by atoms with Crippen LogP contribution in [0.5, 0.6) is 5.75 Å². The van der Waals surface area contributed by atoms with Crippen molar-refractivity contribution in [2.75, 3.05) is 5.32 Å². The Morgan fingerprint density at radius 3 is 2.70 bits per heavy atom. The van der Waals surface area contributed by atoms with Crippen LogP contribution in [0, 0.1) is 6.92 Å². The summed E-state index contributed by atoms with van der Waals surface area (Å²) in [4.78, 5) is 26.8. The largest absolute Gasteiger partial charge is 0.506 e. The van der Waals surface area contributed by atoms with Crippen LogP contribution in [0.15, 0.2) is 18.2 Å². The summed E-state index contributed by atoms with van der Waals surface area (Å²) in [6.45, 7) is 1.64. The zero-order valence-electron chi connectivity index (χ0n) is 10.2. The quantitative estimate of drug-likeness (QED) is 0.809. The van der Waals surface area contributed by atoms with Crippen molar-refractivity contribution in [3.63, 3.8) is 0 Å². The zero-order chi connectivity index (χ0) is 14.9. The number of phenols is 1. The molecule has 0 aliphatic carbocycles. The van der Waals surface area contributed by atoms with E-state index in [1.54, 1.807) is 6.92 Å². The highest BCUT2D eigenvalue weighted by Crippen LogP contribution is 2.27. The lowest BCUT2D eigenvalue weighted by molar-refractivity contribution is 0.0692. The summed E-state index contributed by atoms with van der Waals surface area (Å²) in [5.41, 5.74) is 0.000849. The van der Waals surface area contributed by atoms with Crippen molar-refractivity contribution < 1.29 is 19.8 Å². The molecule has 0 fully saturated rings. The van der Waals surface area contributed by atoms with Crippen LogP contribution in [0.4, 0.5) is 5.00 Å². The number of carboxylic acids is 1. The molecule has 1 heterocycles. The van der Waals surface area contributed by atoms with E-state index < -0.39 is 11.9 Å². The van der Waals surface area contributed by atoms with E-state index in [0.29, 0.717) is 5.01 Å². The first kappa shape index (κ1) is 14.3. The van der Waals surface area contributed by atoms with Crippen LogP contribution in [0.25, 0.3) is 0 Å². The number of nitrogens with zero attached hydrogens (tertiary/aromatic N) is 1. The number of carbonyl (C=O) groups excluding carboxylic acids is 1. The van der Waals surface area contributed by atoms with Crippen LogP contribution in [0.3, 0.4) is 0 Å². The number of benzene rings is 1. The van der Waals surface area contributed by atoms with Gasteiger partial charge >= 0.3 is 5.97 Å². The molecule has 6 nitrogen and oxygen atoms in total. The highest BCUT2D eigenvalue weighted by molar-refractivity contribution is 7.16. The fraction of sp³-hybridized carbons (Fsp3) is 0.0833. The summed E-state index contributed by atoms with van der Waals surface area (Å²) in [6.07, 6.45) is 0. The lowest BCUT2D eigenvalue weighted by atomic mass is 10.2. The number of nitrogens with one attached hydrogen (secondary N) is 1. The highest BCUT2D eigenvalue weighted by Gasteiger charge is 2.18. The average Bonchev–Trinajstić information content (AvgIpc) is 2.73. The topological polar surface area (TPSA) is 99.5 Å². The molecule has 0 spiro atoms. The molecule has 2 aromatic rings. The number of rotatable bonds is 3. The first-order valence-electron chi connectivity index (χ1n) is 5.39. The number of phenolic OH excluding ortho intramolecular Hbond substituents is 1. The molecule has 0 saturated carbocycles. The van der Waals surface area contributed by atoms with E-state index in [1.165, 1.54) is 18.2 Å². The third-order valence-corrected chi connectivity index (χ3v) is 3.56. The molecule has 0 bridgehead atoms. The number of carboxylic acid groups (broad SMARTS) is 1. The highest BCUT2D eigenvalue weighted by atomic mass is 35.5. The van der Waals surface area contributed by atoms with Gasteiger partial charge in [0.1, 0.15) is 10.8 Å². The van der Waals surface area contributed by atoms with Gasteiger partial charge in [0, 0.05) is 5.56 Å². The summed E-state index contributed by atoms with van der Waals surface area (Å²) in [7, 11) is 0. The Hall–Kier alpha value is -2.12. The van der Waals surface area contributed by atoms with Crippen molar-refractivity contribution in [2.24, 2.45) is 0 Å². The number of aryl methyl sites for hydroxylation is 1. The zero-order valence-corrected chi connectivity index (χ0v) is 11.7. The number of aromatic nitrogens is 1. The standard InChI is InChI=1S/C12H9ClN2O4S/c1-5-14-9(12(18)19)11(20-5)15-10(17)6-2-3-8(16)7(13)4-6/h2-4,16H,1H3,(H,15,17)(H,18,19). The number of carbonyl (C=O) groups is 2. The first-order chi connectivity index (χ1) is 9.38. The van der Waals surface area contributed by atoms with Crippen molar-refractivity contribution >= 4 is 39.8 Å². The van der Waals surface area contributed by atoms with Crippen molar-refractivity contribution in [1.29, 1.82) is 0 Å². The lowest BCUT2D eigenvalue weighted by Gasteiger charge is -2.04. The van der Waals surface area contributed by atoms with Gasteiger partial charge < -0.3 is 15.5 Å². The maximum absolute atomic E-state index is 12.0. The number of hydrogen-bond donors (Lipinski definition) is 3. The molecule has 1 aromatic carbocycles. The van der Waals surface area contributed by atoms with Gasteiger partial charge in [0.2, 0.25) is 0 Å². The Balaban J connectivity index is 2.27. The van der Waals surface area contributed by atoms with Gasteiger partial charge in [0.05, 0.1) is 10.0 Å². The number of amides is 1. The second-order valence-electron chi connectivity index (χ2n) is 3.84. The van der Waals surface area contributed by atoms with E-state index in [2.05, 4.69) is 10.3 Å². The Bertz CT molecular complexity index is 699. The summed E-state index contributed by atoms with van der Waals surface area (Å²) in [6, 6.07) is 3.96. The predicted octanol–water partition coefficient (Wildman–Crippen LogP) is 2.76. The van der Waals surface area contributed by atoms with Crippen molar-refractivity contribution in [3.8, 4) is 5.75 Å². The molecule has 1 amide bonds. The van der Waals surface area contributed by atoms with E-state index in [4.69, 9.17) is 16.7 Å². The van der Waals surface area contributed by atoms with Gasteiger partial charge in [-0.25, -0.2) is 9.78 Å². The summed E-state index contributed by atoms with van der Waals surface area (Å²) < 4.78 is 0. The number of hydrogen-bond acceptors (Lipinski definition) is 5. The molecule has 20 heavy (non-hydrogen) atoms. The van der Waals surface area contributed by atoms with E-state index >= 15 is 0 Å². The Morgan fingerprint density at radius 2 is 2.10 bits per heavy atom. The van der Waals surface area contributed by atoms with Gasteiger partial charge in [-0.1, -0.05) is 11.6 Å².